The van der Waals surface area contributed by atoms with E-state index in [2.05, 4.69) is 9.97 Å². The molecule has 166 valence electrons. The largest absolute Gasteiger partial charge is 0.493 e. The monoisotopic (exact) mass is 453 g/mol. The number of benzene rings is 2. The lowest BCUT2D eigenvalue weighted by Gasteiger charge is -2.34. The maximum Gasteiger partial charge on any atom is 0.246 e. The third-order valence-electron chi connectivity index (χ3n) is 5.38. The lowest BCUT2D eigenvalue weighted by molar-refractivity contribution is -0.126. The molecule has 1 aliphatic rings. The summed E-state index contributed by atoms with van der Waals surface area (Å²) in [5.41, 5.74) is 7.80. The van der Waals surface area contributed by atoms with Crippen LogP contribution in [0.2, 0.25) is 5.02 Å². The molecule has 2 N–H and O–H groups in total. The standard InChI is InChI=1S/C23H24ClN5O3/c1-31-19-13-17-18(14-20(19)32-2)26-23(27-22(17)25)29-11-9-28(10-12-29)21(30)8-5-15-3-6-16(24)7-4-15/h3-8,13-14H,9-12H2,1-2H3,(H2,25,26,27)/b8-5+. The summed E-state index contributed by atoms with van der Waals surface area (Å²) in [6, 6.07) is 10.9. The van der Waals surface area contributed by atoms with Gasteiger partial charge in [-0.1, -0.05) is 23.7 Å². The van der Waals surface area contributed by atoms with Crippen molar-refractivity contribution in [1.29, 1.82) is 0 Å². The molecule has 0 bridgehead atoms. The van der Waals surface area contributed by atoms with E-state index in [0.29, 0.717) is 65.4 Å². The molecule has 0 aliphatic carbocycles. The van der Waals surface area contributed by atoms with Crippen LogP contribution in [0, 0.1) is 0 Å². The maximum absolute atomic E-state index is 12.6. The Labute approximate surface area is 191 Å². The highest BCUT2D eigenvalue weighted by Gasteiger charge is 2.22. The van der Waals surface area contributed by atoms with E-state index in [1.54, 1.807) is 55.5 Å². The molecule has 2 heterocycles. The van der Waals surface area contributed by atoms with Gasteiger partial charge in [0.25, 0.3) is 0 Å². The van der Waals surface area contributed by atoms with Crippen LogP contribution in [-0.4, -0.2) is 61.2 Å². The first kappa shape index (κ1) is 21.7. The summed E-state index contributed by atoms with van der Waals surface area (Å²) in [5.74, 6) is 2.02. The Balaban J connectivity index is 1.45. The number of hydrogen-bond donors (Lipinski definition) is 1. The molecule has 1 aromatic heterocycles. The van der Waals surface area contributed by atoms with Crippen molar-refractivity contribution in [1.82, 2.24) is 14.9 Å². The molecule has 3 aromatic rings. The van der Waals surface area contributed by atoms with Crippen molar-refractivity contribution in [2.24, 2.45) is 0 Å². The van der Waals surface area contributed by atoms with Crippen LogP contribution in [0.15, 0.2) is 42.5 Å². The number of ether oxygens (including phenoxy) is 2. The van der Waals surface area contributed by atoms with Crippen LogP contribution in [0.3, 0.4) is 0 Å². The molecule has 8 nitrogen and oxygen atoms in total. The normalized spacial score (nSPS) is 14.2. The van der Waals surface area contributed by atoms with Gasteiger partial charge in [0.05, 0.1) is 19.7 Å². The number of aromatic nitrogens is 2. The summed E-state index contributed by atoms with van der Waals surface area (Å²) in [6.45, 7) is 2.35. The number of nitrogens with zero attached hydrogens (tertiary/aromatic N) is 4. The SMILES string of the molecule is COc1cc2nc(N3CCN(C(=O)/C=C/c4ccc(Cl)cc4)CC3)nc(N)c2cc1OC. The second kappa shape index (κ2) is 9.32. The molecule has 0 unspecified atom stereocenters. The highest BCUT2D eigenvalue weighted by atomic mass is 35.5. The smallest absolute Gasteiger partial charge is 0.246 e. The average molecular weight is 454 g/mol. The van der Waals surface area contributed by atoms with Gasteiger partial charge in [0.15, 0.2) is 11.5 Å². The van der Waals surface area contributed by atoms with Crippen LogP contribution in [0.25, 0.3) is 17.0 Å². The molecule has 2 aromatic carbocycles. The Hall–Kier alpha value is -3.52. The first-order valence-corrected chi connectivity index (χ1v) is 10.5. The summed E-state index contributed by atoms with van der Waals surface area (Å²) < 4.78 is 10.7. The number of fused-ring (bicyclic) bond motifs is 1. The van der Waals surface area contributed by atoms with Crippen molar-refractivity contribution in [2.75, 3.05) is 51.0 Å². The highest BCUT2D eigenvalue weighted by molar-refractivity contribution is 6.30. The van der Waals surface area contributed by atoms with Crippen LogP contribution in [0.1, 0.15) is 5.56 Å². The van der Waals surface area contributed by atoms with Crippen molar-refractivity contribution in [3.05, 3.63) is 53.1 Å². The van der Waals surface area contributed by atoms with Gasteiger partial charge in [-0.2, -0.15) is 4.98 Å². The van der Waals surface area contributed by atoms with Crippen molar-refractivity contribution in [3.63, 3.8) is 0 Å². The molecule has 32 heavy (non-hydrogen) atoms. The predicted octanol–water partition coefficient (Wildman–Crippen LogP) is 3.24. The van der Waals surface area contributed by atoms with Crippen LogP contribution in [-0.2, 0) is 4.79 Å². The molecule has 4 rings (SSSR count). The van der Waals surface area contributed by atoms with E-state index in [1.807, 2.05) is 17.0 Å². The maximum atomic E-state index is 12.6. The first-order valence-electron chi connectivity index (χ1n) is 10.1. The van der Waals surface area contributed by atoms with E-state index in [9.17, 15) is 4.79 Å². The van der Waals surface area contributed by atoms with Gasteiger partial charge < -0.3 is 25.0 Å². The van der Waals surface area contributed by atoms with Gasteiger partial charge in [-0.3, -0.25) is 4.79 Å². The van der Waals surface area contributed by atoms with E-state index in [0.717, 1.165) is 5.56 Å². The molecule has 0 saturated carbocycles. The van der Waals surface area contributed by atoms with E-state index in [-0.39, 0.29) is 5.91 Å². The predicted molar refractivity (Wildman–Crippen MR) is 126 cm³/mol. The molecule has 1 aliphatic heterocycles. The lowest BCUT2D eigenvalue weighted by Crippen LogP contribution is -2.48. The number of anilines is 2. The van der Waals surface area contributed by atoms with Gasteiger partial charge in [-0.05, 0) is 29.8 Å². The van der Waals surface area contributed by atoms with E-state index in [4.69, 9.17) is 26.8 Å². The van der Waals surface area contributed by atoms with Gasteiger partial charge in [0.2, 0.25) is 11.9 Å². The van der Waals surface area contributed by atoms with Gasteiger partial charge in [-0.15, -0.1) is 0 Å². The number of nitrogens with two attached hydrogens (primary N) is 1. The number of rotatable bonds is 5. The molecule has 0 radical (unpaired) electrons. The first-order chi connectivity index (χ1) is 15.5. The zero-order chi connectivity index (χ0) is 22.7. The molecular weight excluding hydrogens is 430 g/mol. The lowest BCUT2D eigenvalue weighted by atomic mass is 10.2. The molecule has 1 saturated heterocycles. The third kappa shape index (κ3) is 4.55. The zero-order valence-electron chi connectivity index (χ0n) is 17.9. The van der Waals surface area contributed by atoms with Gasteiger partial charge in [0, 0.05) is 48.7 Å². The highest BCUT2D eigenvalue weighted by Crippen LogP contribution is 2.34. The number of carbonyl (C=O) groups excluding carboxylic acids is 1. The third-order valence-corrected chi connectivity index (χ3v) is 5.63. The van der Waals surface area contributed by atoms with Gasteiger partial charge >= 0.3 is 0 Å². The van der Waals surface area contributed by atoms with E-state index >= 15 is 0 Å². The van der Waals surface area contributed by atoms with Crippen LogP contribution in [0.5, 0.6) is 11.5 Å². The molecule has 1 amide bonds. The zero-order valence-corrected chi connectivity index (χ0v) is 18.7. The minimum atomic E-state index is -0.0321. The molecule has 9 heteroatoms. The topological polar surface area (TPSA) is 93.8 Å². The Kier molecular flexibility index (Phi) is 6.32. The number of methoxy groups -OCH3 is 2. The summed E-state index contributed by atoms with van der Waals surface area (Å²) in [4.78, 5) is 25.5. The minimum Gasteiger partial charge on any atom is -0.493 e. The van der Waals surface area contributed by atoms with E-state index < -0.39 is 0 Å². The second-order valence-electron chi connectivity index (χ2n) is 7.33. The Morgan fingerprint density at radius 2 is 1.69 bits per heavy atom. The number of hydrogen-bond acceptors (Lipinski definition) is 7. The summed E-state index contributed by atoms with van der Waals surface area (Å²) in [6.07, 6.45) is 3.38. The fourth-order valence-electron chi connectivity index (χ4n) is 3.58. The molecule has 0 spiro atoms. The van der Waals surface area contributed by atoms with Crippen LogP contribution < -0.4 is 20.1 Å². The molecule has 0 atom stereocenters. The number of halogens is 1. The minimum absolute atomic E-state index is 0.0321. The Bertz CT molecular complexity index is 1160. The fraction of sp³-hybridized carbons (Fsp3) is 0.261. The van der Waals surface area contributed by atoms with Crippen LogP contribution in [0.4, 0.5) is 11.8 Å². The molecule has 1 fully saturated rings. The summed E-state index contributed by atoms with van der Waals surface area (Å²) >= 11 is 5.90. The fourth-order valence-corrected chi connectivity index (χ4v) is 3.71. The number of nitrogen functional groups attached to an aromatic ring is 1. The van der Waals surface area contributed by atoms with Crippen molar-refractivity contribution in [2.45, 2.75) is 0 Å². The Morgan fingerprint density at radius 1 is 1.03 bits per heavy atom. The van der Waals surface area contributed by atoms with Crippen molar-refractivity contribution in [3.8, 4) is 11.5 Å². The van der Waals surface area contributed by atoms with Gasteiger partial charge in [0.1, 0.15) is 5.82 Å². The van der Waals surface area contributed by atoms with Crippen molar-refractivity contribution < 1.29 is 14.3 Å². The Morgan fingerprint density at radius 3 is 2.34 bits per heavy atom. The van der Waals surface area contributed by atoms with Crippen LogP contribution >= 0.6 is 11.6 Å². The molecular formula is C23H24ClN5O3. The average Bonchev–Trinajstić information content (AvgIpc) is 2.82. The number of piperazine rings is 1. The number of amides is 1. The second-order valence-corrected chi connectivity index (χ2v) is 7.77. The summed E-state index contributed by atoms with van der Waals surface area (Å²) in [5, 5.41) is 1.37. The summed E-state index contributed by atoms with van der Waals surface area (Å²) in [7, 11) is 3.15. The quantitative estimate of drug-likeness (QED) is 0.592. The van der Waals surface area contributed by atoms with Gasteiger partial charge in [-0.25, -0.2) is 4.98 Å². The van der Waals surface area contributed by atoms with E-state index in [1.165, 1.54) is 0 Å². The number of carbonyl (C=O) groups is 1. The van der Waals surface area contributed by atoms with Crippen molar-refractivity contribution >= 4 is 46.3 Å².